The minimum absolute atomic E-state index is 0.0347. The minimum atomic E-state index is -0.295. The Morgan fingerprint density at radius 3 is 2.34 bits per heavy atom. The molecule has 4 rings (SSSR count). The second-order valence-corrected chi connectivity index (χ2v) is 8.02. The third kappa shape index (κ3) is 5.31. The Morgan fingerprint density at radius 2 is 1.59 bits per heavy atom. The maximum atomic E-state index is 13.0. The van der Waals surface area contributed by atoms with Gasteiger partial charge in [-0.3, -0.25) is 14.4 Å². The van der Waals surface area contributed by atoms with Gasteiger partial charge in [0.25, 0.3) is 0 Å². The lowest BCUT2D eigenvalue weighted by Gasteiger charge is -2.24. The molecule has 5 heteroatoms. The summed E-state index contributed by atoms with van der Waals surface area (Å²) >= 11 is 0. The Hall–Kier alpha value is -3.70. The Labute approximate surface area is 189 Å². The maximum Gasteiger partial charge on any atom is 0.241 e. The monoisotopic (exact) mass is 424 g/mol. The Kier molecular flexibility index (Phi) is 6.78. The maximum absolute atomic E-state index is 13.0. The first-order chi connectivity index (χ1) is 15.6. The number of nitrogens with zero attached hydrogens (tertiary/aromatic N) is 3. The van der Waals surface area contributed by atoms with Crippen LogP contribution in [0.2, 0.25) is 0 Å². The number of carbonyl (C=O) groups excluding carboxylic acids is 1. The lowest BCUT2D eigenvalue weighted by molar-refractivity contribution is -0.120. The number of hydrogen-bond acceptors (Lipinski definition) is 3. The average molecular weight is 425 g/mol. The molecule has 0 saturated heterocycles. The first kappa shape index (κ1) is 21.5. The van der Waals surface area contributed by atoms with Gasteiger partial charge in [-0.2, -0.15) is 5.10 Å². The molecule has 0 spiro atoms. The second-order valence-electron chi connectivity index (χ2n) is 8.02. The smallest absolute Gasteiger partial charge is 0.241 e. The Morgan fingerprint density at radius 1 is 0.938 bits per heavy atom. The Balaban J connectivity index is 1.39. The normalized spacial score (nSPS) is 12.0. The van der Waals surface area contributed by atoms with Gasteiger partial charge in [0.05, 0.1) is 18.8 Å². The van der Waals surface area contributed by atoms with Gasteiger partial charge in [-0.05, 0) is 31.2 Å². The summed E-state index contributed by atoms with van der Waals surface area (Å²) in [6.07, 6.45) is 3.91. The summed E-state index contributed by atoms with van der Waals surface area (Å²) in [6, 6.07) is 28.0. The van der Waals surface area contributed by atoms with Gasteiger partial charge in [0.15, 0.2) is 0 Å². The topological polar surface area (TPSA) is 50.2 Å². The number of anilines is 1. The standard InChI is InChI=1S/C27H28N4O/c1-21(27(32)29-26-16-10-9-15-25(26)24-13-7-4-8-14-24)30(2)18-23-17-28-31(20-23)19-22-11-5-3-6-12-22/h3-17,20-21H,18-19H2,1-2H3,(H,29,32)/t21-/m1/s1. The SMILES string of the molecule is C[C@H](C(=O)Nc1ccccc1-c1ccccc1)N(C)Cc1cnn(Cc2ccccc2)c1. The van der Waals surface area contributed by atoms with Crippen LogP contribution in [0, 0.1) is 0 Å². The van der Waals surface area contributed by atoms with Gasteiger partial charge in [-0.15, -0.1) is 0 Å². The van der Waals surface area contributed by atoms with Crippen molar-refractivity contribution in [1.29, 1.82) is 0 Å². The van der Waals surface area contributed by atoms with Crippen LogP contribution in [-0.4, -0.2) is 33.7 Å². The molecule has 3 aromatic carbocycles. The van der Waals surface area contributed by atoms with Crippen molar-refractivity contribution in [2.75, 3.05) is 12.4 Å². The van der Waals surface area contributed by atoms with E-state index in [2.05, 4.69) is 22.5 Å². The molecule has 0 fully saturated rings. The van der Waals surface area contributed by atoms with Crippen LogP contribution >= 0.6 is 0 Å². The van der Waals surface area contributed by atoms with E-state index in [-0.39, 0.29) is 11.9 Å². The van der Waals surface area contributed by atoms with E-state index in [4.69, 9.17) is 0 Å². The lowest BCUT2D eigenvalue weighted by atomic mass is 10.0. The van der Waals surface area contributed by atoms with Gasteiger partial charge in [-0.25, -0.2) is 0 Å². The molecule has 4 aromatic rings. The molecule has 0 aliphatic heterocycles. The molecule has 0 bridgehead atoms. The van der Waals surface area contributed by atoms with Gasteiger partial charge >= 0.3 is 0 Å². The van der Waals surface area contributed by atoms with Gasteiger partial charge in [0.1, 0.15) is 0 Å². The van der Waals surface area contributed by atoms with Crippen LogP contribution in [0.1, 0.15) is 18.1 Å². The van der Waals surface area contributed by atoms with Crippen LogP contribution < -0.4 is 5.32 Å². The van der Waals surface area contributed by atoms with Crippen LogP contribution in [0.25, 0.3) is 11.1 Å². The van der Waals surface area contributed by atoms with E-state index in [1.165, 1.54) is 5.56 Å². The first-order valence-electron chi connectivity index (χ1n) is 10.8. The number of amides is 1. The summed E-state index contributed by atoms with van der Waals surface area (Å²) in [6.45, 7) is 3.30. The zero-order chi connectivity index (χ0) is 22.3. The Bertz CT molecular complexity index is 1150. The summed E-state index contributed by atoms with van der Waals surface area (Å²) in [7, 11) is 1.96. The fraction of sp³-hybridized carbons (Fsp3) is 0.185. The van der Waals surface area contributed by atoms with Crippen molar-refractivity contribution in [3.63, 3.8) is 0 Å². The highest BCUT2D eigenvalue weighted by Gasteiger charge is 2.20. The molecular formula is C27H28N4O. The van der Waals surface area contributed by atoms with E-state index < -0.39 is 0 Å². The molecular weight excluding hydrogens is 396 g/mol. The predicted molar refractivity (Wildman–Crippen MR) is 129 cm³/mol. The van der Waals surface area contributed by atoms with E-state index >= 15 is 0 Å². The molecule has 0 radical (unpaired) electrons. The predicted octanol–water partition coefficient (Wildman–Crippen LogP) is 5.06. The summed E-state index contributed by atoms with van der Waals surface area (Å²) in [5.41, 5.74) is 5.20. The van der Waals surface area contributed by atoms with Crippen LogP contribution in [0.4, 0.5) is 5.69 Å². The van der Waals surface area contributed by atoms with E-state index in [0.717, 1.165) is 28.9 Å². The third-order valence-electron chi connectivity index (χ3n) is 5.62. The second kappa shape index (κ2) is 10.1. The number of benzene rings is 3. The number of likely N-dealkylation sites (N-methyl/N-ethyl adjacent to an activating group) is 1. The van der Waals surface area contributed by atoms with Crippen molar-refractivity contribution < 1.29 is 4.79 Å². The quantitative estimate of drug-likeness (QED) is 0.430. The number of aromatic nitrogens is 2. The zero-order valence-corrected chi connectivity index (χ0v) is 18.5. The molecule has 1 amide bonds. The van der Waals surface area contributed by atoms with Gasteiger partial charge in [0, 0.05) is 29.6 Å². The lowest BCUT2D eigenvalue weighted by Crippen LogP contribution is -2.39. The van der Waals surface area contributed by atoms with Crippen molar-refractivity contribution in [2.24, 2.45) is 0 Å². The molecule has 0 unspecified atom stereocenters. The summed E-state index contributed by atoms with van der Waals surface area (Å²) in [5.74, 6) is -0.0347. The van der Waals surface area contributed by atoms with Crippen molar-refractivity contribution >= 4 is 11.6 Å². The minimum Gasteiger partial charge on any atom is -0.324 e. The van der Waals surface area contributed by atoms with Crippen LogP contribution in [0.5, 0.6) is 0 Å². The highest BCUT2D eigenvalue weighted by atomic mass is 16.2. The molecule has 1 N–H and O–H groups in total. The van der Waals surface area contributed by atoms with Crippen LogP contribution in [0.15, 0.2) is 97.3 Å². The number of hydrogen-bond donors (Lipinski definition) is 1. The average Bonchev–Trinajstić information content (AvgIpc) is 3.26. The molecule has 0 aliphatic carbocycles. The summed E-state index contributed by atoms with van der Waals surface area (Å²) in [5, 5.41) is 7.58. The molecule has 1 atom stereocenters. The summed E-state index contributed by atoms with van der Waals surface area (Å²) in [4.78, 5) is 15.0. The highest BCUT2D eigenvalue weighted by Crippen LogP contribution is 2.27. The largest absolute Gasteiger partial charge is 0.324 e. The first-order valence-corrected chi connectivity index (χ1v) is 10.8. The van der Waals surface area contributed by atoms with E-state index in [1.807, 2.05) is 109 Å². The zero-order valence-electron chi connectivity index (χ0n) is 18.5. The molecule has 32 heavy (non-hydrogen) atoms. The van der Waals surface area contributed by atoms with Gasteiger partial charge < -0.3 is 5.32 Å². The van der Waals surface area contributed by atoms with Crippen LogP contribution in [0.3, 0.4) is 0 Å². The molecule has 5 nitrogen and oxygen atoms in total. The number of carbonyl (C=O) groups is 1. The molecule has 0 saturated carbocycles. The van der Waals surface area contributed by atoms with E-state index in [0.29, 0.717) is 6.54 Å². The van der Waals surface area contributed by atoms with E-state index in [1.54, 1.807) is 0 Å². The van der Waals surface area contributed by atoms with E-state index in [9.17, 15) is 4.79 Å². The fourth-order valence-electron chi connectivity index (χ4n) is 3.67. The van der Waals surface area contributed by atoms with Crippen molar-refractivity contribution in [3.05, 3.63) is 108 Å². The molecule has 1 heterocycles. The molecule has 162 valence electrons. The van der Waals surface area contributed by atoms with Crippen molar-refractivity contribution in [1.82, 2.24) is 14.7 Å². The number of rotatable bonds is 8. The highest BCUT2D eigenvalue weighted by molar-refractivity contribution is 5.98. The fourth-order valence-corrected chi connectivity index (χ4v) is 3.67. The van der Waals surface area contributed by atoms with Gasteiger partial charge in [-0.1, -0.05) is 78.9 Å². The molecule has 1 aromatic heterocycles. The number of para-hydroxylation sites is 1. The third-order valence-corrected chi connectivity index (χ3v) is 5.62. The number of nitrogens with one attached hydrogen (secondary N) is 1. The van der Waals surface area contributed by atoms with Gasteiger partial charge in [0.2, 0.25) is 5.91 Å². The van der Waals surface area contributed by atoms with Crippen molar-refractivity contribution in [2.45, 2.75) is 26.1 Å². The summed E-state index contributed by atoms with van der Waals surface area (Å²) < 4.78 is 1.93. The van der Waals surface area contributed by atoms with Crippen LogP contribution in [-0.2, 0) is 17.9 Å². The van der Waals surface area contributed by atoms with Crippen molar-refractivity contribution in [3.8, 4) is 11.1 Å². The molecule has 0 aliphatic rings.